The molecule has 0 aliphatic rings. The quantitative estimate of drug-likeness (QED) is 0.744. The normalized spacial score (nSPS) is 22.0. The van der Waals surface area contributed by atoms with Crippen LogP contribution in [0.2, 0.25) is 0 Å². The Bertz CT molecular complexity index is 314. The molecule has 0 heterocycles. The van der Waals surface area contributed by atoms with E-state index in [1.165, 1.54) is 0 Å². The smallest absolute Gasteiger partial charge is 0.0930 e. The number of nitrogens with two attached hydrogens (primary N) is 2. The van der Waals surface area contributed by atoms with Crippen LogP contribution >= 0.6 is 11.8 Å². The fraction of sp³-hybridized carbons (Fsp3) is 0.857. The summed E-state index contributed by atoms with van der Waals surface area (Å²) in [5.74, 6) is 6.58. The van der Waals surface area contributed by atoms with Gasteiger partial charge >= 0.3 is 0 Å². The second-order valence-electron chi connectivity index (χ2n) is 5.37. The largest absolute Gasteiger partial charge is 0.323 e. The van der Waals surface area contributed by atoms with Crippen molar-refractivity contribution in [1.82, 2.24) is 0 Å². The molecule has 0 radical (unpaired) electrons. The van der Waals surface area contributed by atoms with Crippen LogP contribution < -0.4 is 11.5 Å². The number of hydrogen-bond donors (Lipinski definition) is 2. The minimum Gasteiger partial charge on any atom is -0.323 e. The fourth-order valence-corrected chi connectivity index (χ4v) is 3.26. The van der Waals surface area contributed by atoms with Crippen molar-refractivity contribution in [2.45, 2.75) is 63.8 Å². The Balaban J connectivity index is 5.76. The molecule has 3 unspecified atom stereocenters. The van der Waals surface area contributed by atoms with Crippen LogP contribution in [-0.4, -0.2) is 22.1 Å². The van der Waals surface area contributed by atoms with E-state index in [1.54, 1.807) is 11.8 Å². The van der Waals surface area contributed by atoms with Crippen molar-refractivity contribution in [3.63, 3.8) is 0 Å². The lowest BCUT2D eigenvalue weighted by atomic mass is 9.64. The van der Waals surface area contributed by atoms with Crippen LogP contribution in [0.4, 0.5) is 0 Å². The van der Waals surface area contributed by atoms with Gasteiger partial charge in [0.05, 0.1) is 10.3 Å². The molecular weight excluding hydrogens is 228 g/mol. The van der Waals surface area contributed by atoms with E-state index < -0.39 is 11.1 Å². The Hall–Kier alpha value is -0.170. The van der Waals surface area contributed by atoms with Gasteiger partial charge in [-0.05, 0) is 39.4 Å². The van der Waals surface area contributed by atoms with Crippen molar-refractivity contribution in [1.29, 1.82) is 0 Å². The van der Waals surface area contributed by atoms with Crippen LogP contribution in [0.3, 0.4) is 0 Å². The third-order valence-electron chi connectivity index (χ3n) is 4.34. The van der Waals surface area contributed by atoms with Crippen LogP contribution in [0.25, 0.3) is 0 Å². The predicted octanol–water partition coefficient (Wildman–Crippen LogP) is 2.61. The van der Waals surface area contributed by atoms with Crippen LogP contribution in [0, 0.1) is 17.8 Å². The second kappa shape index (κ2) is 5.65. The maximum atomic E-state index is 6.70. The van der Waals surface area contributed by atoms with Gasteiger partial charge in [-0.3, -0.25) is 0 Å². The van der Waals surface area contributed by atoms with Gasteiger partial charge < -0.3 is 11.5 Å². The Labute approximate surface area is 111 Å². The first-order valence-electron chi connectivity index (χ1n) is 6.19. The highest BCUT2D eigenvalue weighted by molar-refractivity contribution is 8.00. The predicted molar refractivity (Wildman–Crippen MR) is 80.0 cm³/mol. The van der Waals surface area contributed by atoms with Gasteiger partial charge in [0.1, 0.15) is 0 Å². The molecule has 0 spiro atoms. The van der Waals surface area contributed by atoms with E-state index in [9.17, 15) is 0 Å². The molecule has 0 aliphatic carbocycles. The molecule has 2 nitrogen and oxygen atoms in total. The van der Waals surface area contributed by atoms with Crippen molar-refractivity contribution in [3.8, 4) is 11.8 Å². The van der Waals surface area contributed by atoms with Gasteiger partial charge in [0, 0.05) is 5.54 Å². The average molecular weight is 256 g/mol. The van der Waals surface area contributed by atoms with E-state index in [1.807, 2.05) is 13.8 Å². The number of hydrogen-bond acceptors (Lipinski definition) is 3. The summed E-state index contributed by atoms with van der Waals surface area (Å²) in [4.78, 5) is 0. The van der Waals surface area contributed by atoms with Crippen molar-refractivity contribution in [2.24, 2.45) is 17.4 Å². The van der Waals surface area contributed by atoms with Gasteiger partial charge in [-0.15, -0.1) is 17.7 Å². The minimum atomic E-state index is -0.517. The summed E-state index contributed by atoms with van der Waals surface area (Å²) in [6.45, 7) is 12.3. The highest BCUT2D eigenvalue weighted by atomic mass is 32.2. The summed E-state index contributed by atoms with van der Waals surface area (Å²) in [6, 6.07) is 0. The summed E-state index contributed by atoms with van der Waals surface area (Å²) in [7, 11) is 0. The molecule has 3 heteroatoms. The average Bonchev–Trinajstić information content (AvgIpc) is 2.27. The van der Waals surface area contributed by atoms with E-state index in [-0.39, 0.29) is 4.75 Å². The molecular formula is C14H28N2S. The van der Waals surface area contributed by atoms with Gasteiger partial charge in [0.15, 0.2) is 0 Å². The second-order valence-corrected chi connectivity index (χ2v) is 6.60. The molecule has 0 bridgehead atoms. The summed E-state index contributed by atoms with van der Waals surface area (Å²) >= 11 is 1.69. The van der Waals surface area contributed by atoms with Gasteiger partial charge in [0.2, 0.25) is 0 Å². The fourth-order valence-electron chi connectivity index (χ4n) is 2.33. The van der Waals surface area contributed by atoms with Crippen LogP contribution in [0.5, 0.6) is 0 Å². The topological polar surface area (TPSA) is 52.0 Å². The lowest BCUT2D eigenvalue weighted by molar-refractivity contribution is 0.151. The molecule has 0 rings (SSSR count). The number of rotatable bonds is 5. The van der Waals surface area contributed by atoms with Crippen LogP contribution in [0.15, 0.2) is 0 Å². The molecule has 3 atom stereocenters. The molecule has 17 heavy (non-hydrogen) atoms. The zero-order valence-corrected chi connectivity index (χ0v) is 13.2. The highest BCUT2D eigenvalue weighted by Gasteiger charge is 2.54. The Kier molecular flexibility index (Phi) is 5.59. The summed E-state index contributed by atoms with van der Waals surface area (Å²) in [5.41, 5.74) is 12.3. The van der Waals surface area contributed by atoms with Gasteiger partial charge in [-0.2, -0.15) is 0 Å². The summed E-state index contributed by atoms with van der Waals surface area (Å²) in [5, 5.41) is 0. The zero-order chi connectivity index (χ0) is 13.9. The van der Waals surface area contributed by atoms with E-state index in [2.05, 4.69) is 45.8 Å². The SMILES string of the molecule is CC#CC(C)(SC)C(N)(CC)C(C)(N)C(C)C. The van der Waals surface area contributed by atoms with Crippen molar-refractivity contribution in [3.05, 3.63) is 0 Å². The van der Waals surface area contributed by atoms with Gasteiger partial charge in [-0.25, -0.2) is 0 Å². The molecule has 0 saturated heterocycles. The minimum absolute atomic E-state index is 0.303. The highest BCUT2D eigenvalue weighted by Crippen LogP contribution is 2.43. The van der Waals surface area contributed by atoms with Crippen molar-refractivity contribution >= 4 is 11.8 Å². The molecule has 0 aromatic heterocycles. The first-order valence-corrected chi connectivity index (χ1v) is 7.42. The maximum absolute atomic E-state index is 6.70. The maximum Gasteiger partial charge on any atom is 0.0930 e. The third-order valence-corrected chi connectivity index (χ3v) is 5.62. The first-order chi connectivity index (χ1) is 7.63. The summed E-state index contributed by atoms with van der Waals surface area (Å²) < 4.78 is -0.329. The molecule has 0 aliphatic heterocycles. The first kappa shape index (κ1) is 16.8. The summed E-state index contributed by atoms with van der Waals surface area (Å²) in [6.07, 6.45) is 2.86. The number of thioether (sulfide) groups is 1. The Morgan fingerprint density at radius 2 is 1.71 bits per heavy atom. The molecule has 0 amide bonds. The molecule has 0 aromatic carbocycles. The monoisotopic (exact) mass is 256 g/mol. The van der Waals surface area contributed by atoms with Gasteiger partial charge in [-0.1, -0.05) is 26.7 Å². The zero-order valence-electron chi connectivity index (χ0n) is 12.3. The van der Waals surface area contributed by atoms with Crippen LogP contribution in [0.1, 0.15) is 48.0 Å². The van der Waals surface area contributed by atoms with E-state index in [0.717, 1.165) is 6.42 Å². The molecule has 0 aromatic rings. The van der Waals surface area contributed by atoms with Crippen LogP contribution in [-0.2, 0) is 0 Å². The molecule has 4 N–H and O–H groups in total. The third kappa shape index (κ3) is 2.65. The van der Waals surface area contributed by atoms with Crippen molar-refractivity contribution in [2.75, 3.05) is 6.26 Å². The van der Waals surface area contributed by atoms with Gasteiger partial charge in [0.25, 0.3) is 0 Å². The lowest BCUT2D eigenvalue weighted by Gasteiger charge is -2.53. The Morgan fingerprint density at radius 3 is 1.94 bits per heavy atom. The van der Waals surface area contributed by atoms with E-state index in [0.29, 0.717) is 5.92 Å². The molecule has 100 valence electrons. The Morgan fingerprint density at radius 1 is 1.24 bits per heavy atom. The molecule has 0 fully saturated rings. The molecule has 0 saturated carbocycles. The van der Waals surface area contributed by atoms with E-state index >= 15 is 0 Å². The van der Waals surface area contributed by atoms with E-state index in [4.69, 9.17) is 11.5 Å². The van der Waals surface area contributed by atoms with Crippen molar-refractivity contribution < 1.29 is 0 Å². The lowest BCUT2D eigenvalue weighted by Crippen LogP contribution is -2.74. The standard InChI is InChI=1S/C14H28N2S/c1-8-10-12(5,17-7)14(16,9-2)13(6,15)11(3)4/h11H,9,15-16H2,1-7H3.